The van der Waals surface area contributed by atoms with E-state index >= 15 is 0 Å². The Morgan fingerprint density at radius 2 is 2.21 bits per heavy atom. The van der Waals surface area contributed by atoms with Crippen LogP contribution in [0.1, 0.15) is 16.1 Å². The molecule has 4 heteroatoms. The molecule has 2 N–H and O–H groups in total. The van der Waals surface area contributed by atoms with Crippen LogP contribution in [-0.4, -0.2) is 16.1 Å². The van der Waals surface area contributed by atoms with Gasteiger partial charge in [-0.15, -0.1) is 0 Å². The number of nitrogens with one attached hydrogen (secondary N) is 1. The zero-order valence-corrected chi connectivity index (χ0v) is 8.21. The van der Waals surface area contributed by atoms with E-state index in [2.05, 4.69) is 17.6 Å². The Morgan fingerprint density at radius 1 is 1.43 bits per heavy atom. The van der Waals surface area contributed by atoms with E-state index in [9.17, 15) is 4.79 Å². The Labute approximate surface area is 86.2 Å². The van der Waals surface area contributed by atoms with Crippen molar-refractivity contribution in [3.05, 3.63) is 35.5 Å². The van der Waals surface area contributed by atoms with Crippen LogP contribution >= 0.6 is 12.6 Å². The van der Waals surface area contributed by atoms with Crippen molar-refractivity contribution >= 4 is 29.5 Å². The minimum absolute atomic E-state index is 0.219. The van der Waals surface area contributed by atoms with Gasteiger partial charge in [-0.05, 0) is 23.8 Å². The van der Waals surface area contributed by atoms with E-state index in [1.54, 1.807) is 6.07 Å². The number of rotatable bonds is 2. The number of benzene rings is 1. The van der Waals surface area contributed by atoms with Crippen LogP contribution in [-0.2, 0) is 5.75 Å². The van der Waals surface area contributed by atoms with Gasteiger partial charge in [-0.3, -0.25) is 0 Å². The molecule has 1 aromatic heterocycles. The highest BCUT2D eigenvalue weighted by atomic mass is 32.1. The molecule has 0 spiro atoms. The van der Waals surface area contributed by atoms with Crippen LogP contribution in [0.25, 0.3) is 10.9 Å². The number of carboxylic acid groups (broad SMARTS) is 1. The molecular formula is C10H9NO2S. The van der Waals surface area contributed by atoms with Gasteiger partial charge in [0.1, 0.15) is 5.69 Å². The molecule has 0 saturated heterocycles. The standard InChI is InChI=1S/C10H9NO2S/c12-10(13)9-4-7-3-6(5-14)1-2-8(7)11-9/h1-4,11,14H,5H2,(H,12,13). The summed E-state index contributed by atoms with van der Waals surface area (Å²) in [6.45, 7) is 0. The van der Waals surface area contributed by atoms with Gasteiger partial charge in [0.2, 0.25) is 0 Å². The van der Waals surface area contributed by atoms with Gasteiger partial charge >= 0.3 is 5.97 Å². The number of aromatic carboxylic acids is 1. The molecule has 0 radical (unpaired) electrons. The number of thiol groups is 1. The number of aromatic amines is 1. The van der Waals surface area contributed by atoms with E-state index in [4.69, 9.17) is 5.11 Å². The summed E-state index contributed by atoms with van der Waals surface area (Å²) in [4.78, 5) is 13.5. The number of hydrogen-bond donors (Lipinski definition) is 3. The SMILES string of the molecule is O=C(O)c1cc2cc(CS)ccc2[nH]1. The van der Waals surface area contributed by atoms with Crippen LogP contribution in [0.3, 0.4) is 0 Å². The largest absolute Gasteiger partial charge is 0.477 e. The molecule has 2 rings (SSSR count). The van der Waals surface area contributed by atoms with E-state index < -0.39 is 5.97 Å². The second-order valence-electron chi connectivity index (χ2n) is 3.07. The fourth-order valence-corrected chi connectivity index (χ4v) is 1.59. The Bertz CT molecular complexity index is 490. The number of carbonyl (C=O) groups is 1. The summed E-state index contributed by atoms with van der Waals surface area (Å²) in [7, 11) is 0. The van der Waals surface area contributed by atoms with Crippen molar-refractivity contribution in [2.24, 2.45) is 0 Å². The van der Waals surface area contributed by atoms with E-state index in [1.165, 1.54) is 0 Å². The highest BCUT2D eigenvalue weighted by molar-refractivity contribution is 7.79. The van der Waals surface area contributed by atoms with Crippen molar-refractivity contribution in [3.63, 3.8) is 0 Å². The fourth-order valence-electron chi connectivity index (χ4n) is 1.40. The van der Waals surface area contributed by atoms with Crippen LogP contribution in [0.2, 0.25) is 0 Å². The molecule has 0 unspecified atom stereocenters. The van der Waals surface area contributed by atoms with Crippen LogP contribution < -0.4 is 0 Å². The number of carboxylic acids is 1. The molecule has 0 aliphatic rings. The van der Waals surface area contributed by atoms with Gasteiger partial charge in [0.25, 0.3) is 0 Å². The van der Waals surface area contributed by atoms with Crippen LogP contribution in [0.4, 0.5) is 0 Å². The maximum Gasteiger partial charge on any atom is 0.352 e. The maximum atomic E-state index is 10.7. The molecule has 0 amide bonds. The minimum atomic E-state index is -0.936. The third-order valence-electron chi connectivity index (χ3n) is 2.10. The number of hydrogen-bond acceptors (Lipinski definition) is 2. The first-order chi connectivity index (χ1) is 6.70. The molecule has 0 atom stereocenters. The summed E-state index contributed by atoms with van der Waals surface area (Å²) >= 11 is 4.16. The first-order valence-corrected chi connectivity index (χ1v) is 4.80. The number of aromatic nitrogens is 1. The lowest BCUT2D eigenvalue weighted by Crippen LogP contribution is -1.94. The quantitative estimate of drug-likeness (QED) is 0.662. The first kappa shape index (κ1) is 9.15. The molecular weight excluding hydrogens is 198 g/mol. The number of fused-ring (bicyclic) bond motifs is 1. The molecule has 0 fully saturated rings. The predicted molar refractivity (Wildman–Crippen MR) is 57.9 cm³/mol. The Hall–Kier alpha value is -1.42. The smallest absolute Gasteiger partial charge is 0.352 e. The zero-order chi connectivity index (χ0) is 10.1. The molecule has 14 heavy (non-hydrogen) atoms. The van der Waals surface area contributed by atoms with Crippen molar-refractivity contribution in [3.8, 4) is 0 Å². The second kappa shape index (κ2) is 3.38. The molecule has 0 saturated carbocycles. The van der Waals surface area contributed by atoms with Gasteiger partial charge in [-0.2, -0.15) is 12.6 Å². The van der Waals surface area contributed by atoms with E-state index in [0.717, 1.165) is 16.5 Å². The fraction of sp³-hybridized carbons (Fsp3) is 0.100. The van der Waals surface area contributed by atoms with Gasteiger partial charge in [-0.1, -0.05) is 6.07 Å². The summed E-state index contributed by atoms with van der Waals surface area (Å²) in [5.74, 6) is -0.280. The van der Waals surface area contributed by atoms with Crippen molar-refractivity contribution in [2.45, 2.75) is 5.75 Å². The summed E-state index contributed by atoms with van der Waals surface area (Å²) in [6, 6.07) is 7.36. The minimum Gasteiger partial charge on any atom is -0.477 e. The molecule has 72 valence electrons. The van der Waals surface area contributed by atoms with Crippen LogP contribution in [0, 0.1) is 0 Å². The topological polar surface area (TPSA) is 53.1 Å². The van der Waals surface area contributed by atoms with E-state index in [-0.39, 0.29) is 5.69 Å². The van der Waals surface area contributed by atoms with Crippen molar-refractivity contribution in [2.75, 3.05) is 0 Å². The summed E-state index contributed by atoms with van der Waals surface area (Å²) < 4.78 is 0. The first-order valence-electron chi connectivity index (χ1n) is 4.16. The summed E-state index contributed by atoms with van der Waals surface area (Å²) in [5, 5.41) is 9.68. The van der Waals surface area contributed by atoms with E-state index in [0.29, 0.717) is 5.75 Å². The third kappa shape index (κ3) is 1.48. The van der Waals surface area contributed by atoms with E-state index in [1.807, 2.05) is 18.2 Å². The van der Waals surface area contributed by atoms with Gasteiger partial charge in [0.15, 0.2) is 0 Å². The highest BCUT2D eigenvalue weighted by Crippen LogP contribution is 2.18. The molecule has 3 nitrogen and oxygen atoms in total. The van der Waals surface area contributed by atoms with Crippen LogP contribution in [0.5, 0.6) is 0 Å². The molecule has 0 bridgehead atoms. The summed E-state index contributed by atoms with van der Waals surface area (Å²) in [5.41, 5.74) is 2.14. The van der Waals surface area contributed by atoms with Crippen molar-refractivity contribution in [1.82, 2.24) is 4.98 Å². The van der Waals surface area contributed by atoms with Gasteiger partial charge < -0.3 is 10.1 Å². The average Bonchev–Trinajstić information content (AvgIpc) is 2.59. The molecule has 1 heterocycles. The van der Waals surface area contributed by atoms with Crippen molar-refractivity contribution < 1.29 is 9.90 Å². The van der Waals surface area contributed by atoms with Crippen molar-refractivity contribution in [1.29, 1.82) is 0 Å². The molecule has 1 aromatic carbocycles. The normalized spacial score (nSPS) is 10.6. The second-order valence-corrected chi connectivity index (χ2v) is 3.38. The Balaban J connectivity index is 2.60. The van der Waals surface area contributed by atoms with Gasteiger partial charge in [0, 0.05) is 16.7 Å². The molecule has 0 aliphatic heterocycles. The number of H-pyrrole nitrogens is 1. The van der Waals surface area contributed by atoms with Crippen LogP contribution in [0.15, 0.2) is 24.3 Å². The molecule has 0 aliphatic carbocycles. The third-order valence-corrected chi connectivity index (χ3v) is 2.46. The lowest BCUT2D eigenvalue weighted by Gasteiger charge is -1.94. The molecule has 2 aromatic rings. The Morgan fingerprint density at radius 3 is 2.86 bits per heavy atom. The Kier molecular flexibility index (Phi) is 2.21. The average molecular weight is 207 g/mol. The predicted octanol–water partition coefficient (Wildman–Crippen LogP) is 2.30. The zero-order valence-electron chi connectivity index (χ0n) is 7.32. The van der Waals surface area contributed by atoms with Gasteiger partial charge in [0.05, 0.1) is 0 Å². The highest BCUT2D eigenvalue weighted by Gasteiger charge is 2.06. The maximum absolute atomic E-state index is 10.7. The summed E-state index contributed by atoms with van der Waals surface area (Å²) in [6.07, 6.45) is 0. The monoisotopic (exact) mass is 207 g/mol. The lowest BCUT2D eigenvalue weighted by molar-refractivity contribution is 0.0691. The lowest BCUT2D eigenvalue weighted by atomic mass is 10.2. The van der Waals surface area contributed by atoms with Gasteiger partial charge in [-0.25, -0.2) is 4.79 Å².